The summed E-state index contributed by atoms with van der Waals surface area (Å²) in [6, 6.07) is 11.4. The van der Waals surface area contributed by atoms with Crippen molar-refractivity contribution in [1.29, 1.82) is 5.26 Å². The van der Waals surface area contributed by atoms with E-state index in [9.17, 15) is 19.6 Å². The molecule has 1 fully saturated rings. The smallest absolute Gasteiger partial charge is 0.338 e. The number of halogens is 4. The minimum atomic E-state index is -0.605. The molecule has 2 aromatic rings. The SMILES string of the molecule is CC1=CC(OC(=O)c2cc(Cl)cc(Cl)c2)[C@H]2[C@@H](CCC3=CC(=O)N(C(=O)c4cc(Cl)cc(Cl)c4)CC[C@@]32C)[C@@H]1CCC#N. The van der Waals surface area contributed by atoms with Crippen molar-refractivity contribution in [2.45, 2.75) is 52.1 Å². The van der Waals surface area contributed by atoms with Crippen LogP contribution < -0.4 is 0 Å². The zero-order valence-electron chi connectivity index (χ0n) is 23.7. The van der Waals surface area contributed by atoms with E-state index in [1.165, 1.54) is 35.2 Å². The Morgan fingerprint density at radius 1 is 1.02 bits per heavy atom. The molecular weight excluding hydrogens is 630 g/mol. The Balaban J connectivity index is 1.51. The van der Waals surface area contributed by atoms with Crippen LogP contribution in [0.1, 0.15) is 66.7 Å². The van der Waals surface area contributed by atoms with Crippen LogP contribution in [0.15, 0.2) is 59.7 Å². The van der Waals surface area contributed by atoms with E-state index in [0.29, 0.717) is 45.8 Å². The van der Waals surface area contributed by atoms with Gasteiger partial charge in [-0.3, -0.25) is 14.5 Å². The number of amides is 2. The normalized spacial score (nSPS) is 26.7. The fourth-order valence-electron chi connectivity index (χ4n) is 7.27. The van der Waals surface area contributed by atoms with Crippen LogP contribution >= 0.6 is 46.4 Å². The third-order valence-corrected chi connectivity index (χ3v) is 10.1. The van der Waals surface area contributed by atoms with Crippen molar-refractivity contribution in [3.63, 3.8) is 0 Å². The molecule has 2 aliphatic carbocycles. The van der Waals surface area contributed by atoms with E-state index in [0.717, 1.165) is 17.6 Å². The van der Waals surface area contributed by atoms with Crippen LogP contribution in [-0.2, 0) is 9.53 Å². The number of carbonyl (C=O) groups is 3. The van der Waals surface area contributed by atoms with Crippen LogP contribution in [0.25, 0.3) is 0 Å². The molecule has 1 heterocycles. The van der Waals surface area contributed by atoms with Gasteiger partial charge in [0.15, 0.2) is 0 Å². The summed E-state index contributed by atoms with van der Waals surface area (Å²) < 4.78 is 6.21. The number of nitrogens with zero attached hydrogens (tertiary/aromatic N) is 2. The highest BCUT2D eigenvalue weighted by atomic mass is 35.5. The van der Waals surface area contributed by atoms with Crippen LogP contribution in [0.2, 0.25) is 20.1 Å². The number of fused-ring (bicyclic) bond motifs is 3. The van der Waals surface area contributed by atoms with Crippen LogP contribution in [0.3, 0.4) is 0 Å². The van der Waals surface area contributed by atoms with Crippen LogP contribution in [0, 0.1) is 34.5 Å². The maximum Gasteiger partial charge on any atom is 0.338 e. The van der Waals surface area contributed by atoms with Gasteiger partial charge in [-0.15, -0.1) is 0 Å². The first-order chi connectivity index (χ1) is 20.4. The van der Waals surface area contributed by atoms with Gasteiger partial charge in [0.2, 0.25) is 0 Å². The monoisotopic (exact) mass is 658 g/mol. The molecule has 5 atom stereocenters. The van der Waals surface area contributed by atoms with E-state index in [4.69, 9.17) is 51.1 Å². The van der Waals surface area contributed by atoms with Gasteiger partial charge >= 0.3 is 5.97 Å². The standard InChI is InChI=1S/C33H30Cl4N2O4/c1-18-10-28(43-32(42)20-13-24(36)17-25(37)14-20)30-27(26(18)4-3-8-38)6-5-21-15-29(40)39(9-7-33(21,30)2)31(41)19-11-22(34)16-23(35)12-19/h10-17,26-28,30H,3-7,9H2,1-2H3/t26-,27+,28?,30-,33+/m1/s1. The fourth-order valence-corrected chi connectivity index (χ4v) is 8.32. The van der Waals surface area contributed by atoms with Gasteiger partial charge in [0.25, 0.3) is 11.8 Å². The molecule has 0 N–H and O–H groups in total. The van der Waals surface area contributed by atoms with Gasteiger partial charge in [0.05, 0.1) is 11.6 Å². The van der Waals surface area contributed by atoms with Crippen LogP contribution in [0.5, 0.6) is 0 Å². The predicted molar refractivity (Wildman–Crippen MR) is 167 cm³/mol. The summed E-state index contributed by atoms with van der Waals surface area (Å²) in [6.07, 6.45) is 5.96. The number of rotatable bonds is 5. The first kappa shape index (κ1) is 31.6. The van der Waals surface area contributed by atoms with Gasteiger partial charge in [-0.2, -0.15) is 5.26 Å². The maximum absolute atomic E-state index is 13.5. The van der Waals surface area contributed by atoms with Crippen molar-refractivity contribution in [3.8, 4) is 6.07 Å². The summed E-state index contributed by atoms with van der Waals surface area (Å²) >= 11 is 24.6. The Kier molecular flexibility index (Phi) is 9.30. The van der Waals surface area contributed by atoms with Crippen molar-refractivity contribution in [3.05, 3.63) is 90.9 Å². The number of ether oxygens (including phenoxy) is 1. The Morgan fingerprint density at radius 2 is 1.63 bits per heavy atom. The molecule has 2 aromatic carbocycles. The zero-order chi connectivity index (χ0) is 31.1. The molecule has 224 valence electrons. The molecule has 2 amide bonds. The van der Waals surface area contributed by atoms with Gasteiger partial charge in [0.1, 0.15) is 6.10 Å². The third-order valence-electron chi connectivity index (χ3n) is 9.24. The number of benzene rings is 2. The van der Waals surface area contributed by atoms with Gasteiger partial charge in [-0.1, -0.05) is 64.5 Å². The van der Waals surface area contributed by atoms with Gasteiger partial charge in [-0.25, -0.2) is 4.79 Å². The Morgan fingerprint density at radius 3 is 2.23 bits per heavy atom. The third kappa shape index (κ3) is 6.37. The summed E-state index contributed by atoms with van der Waals surface area (Å²) in [5.41, 5.74) is 1.91. The van der Waals surface area contributed by atoms with Crippen molar-refractivity contribution < 1.29 is 19.1 Å². The average Bonchev–Trinajstić information content (AvgIpc) is 3.06. The quantitative estimate of drug-likeness (QED) is 0.182. The number of hydrogen-bond donors (Lipinski definition) is 0. The lowest BCUT2D eigenvalue weighted by Gasteiger charge is -2.54. The number of carbonyl (C=O) groups excluding carboxylic acids is 3. The summed E-state index contributed by atoms with van der Waals surface area (Å²) in [4.78, 5) is 41.7. The molecule has 43 heavy (non-hydrogen) atoms. The second-order valence-electron chi connectivity index (χ2n) is 11.8. The molecule has 1 unspecified atom stereocenters. The van der Waals surface area contributed by atoms with Gasteiger partial charge < -0.3 is 4.74 Å². The van der Waals surface area contributed by atoms with Crippen molar-refractivity contribution in [2.24, 2.45) is 23.2 Å². The molecule has 0 bridgehead atoms. The highest BCUT2D eigenvalue weighted by Crippen LogP contribution is 2.58. The average molecular weight is 660 g/mol. The topological polar surface area (TPSA) is 87.5 Å². The fraction of sp³-hybridized carbons (Fsp3) is 0.394. The lowest BCUT2D eigenvalue weighted by atomic mass is 9.51. The molecule has 3 aliphatic rings. The minimum absolute atomic E-state index is 0.102. The zero-order valence-corrected chi connectivity index (χ0v) is 26.7. The molecule has 5 rings (SSSR count). The van der Waals surface area contributed by atoms with E-state index in [1.54, 1.807) is 12.1 Å². The summed E-state index contributed by atoms with van der Waals surface area (Å²) in [7, 11) is 0. The molecule has 0 spiro atoms. The van der Waals surface area contributed by atoms with Crippen LogP contribution in [-0.4, -0.2) is 35.3 Å². The molecular formula is C33H30Cl4N2O4. The lowest BCUT2D eigenvalue weighted by molar-refractivity contribution is -0.123. The number of imide groups is 1. The van der Waals surface area contributed by atoms with Crippen molar-refractivity contribution in [2.75, 3.05) is 6.54 Å². The van der Waals surface area contributed by atoms with E-state index in [-0.39, 0.29) is 35.4 Å². The molecule has 10 heteroatoms. The van der Waals surface area contributed by atoms with E-state index in [1.807, 2.05) is 13.0 Å². The van der Waals surface area contributed by atoms with E-state index >= 15 is 0 Å². The van der Waals surface area contributed by atoms with Crippen molar-refractivity contribution >= 4 is 64.2 Å². The van der Waals surface area contributed by atoms with Gasteiger partial charge in [-0.05, 0) is 92.3 Å². The molecule has 0 aromatic heterocycles. The molecule has 1 aliphatic heterocycles. The number of allylic oxidation sites excluding steroid dienone is 2. The minimum Gasteiger partial charge on any atom is -0.454 e. The lowest BCUT2D eigenvalue weighted by Crippen LogP contribution is -2.51. The van der Waals surface area contributed by atoms with Crippen LogP contribution in [0.4, 0.5) is 0 Å². The number of nitriles is 1. The Labute approximate surface area is 271 Å². The molecule has 6 nitrogen and oxygen atoms in total. The second kappa shape index (κ2) is 12.7. The van der Waals surface area contributed by atoms with E-state index < -0.39 is 29.3 Å². The Bertz CT molecular complexity index is 1560. The summed E-state index contributed by atoms with van der Waals surface area (Å²) in [5, 5.41) is 10.6. The summed E-state index contributed by atoms with van der Waals surface area (Å²) in [5.74, 6) is -1.39. The highest BCUT2D eigenvalue weighted by Gasteiger charge is 2.54. The highest BCUT2D eigenvalue weighted by molar-refractivity contribution is 6.35. The first-order valence-electron chi connectivity index (χ1n) is 14.2. The first-order valence-corrected chi connectivity index (χ1v) is 15.7. The second-order valence-corrected chi connectivity index (χ2v) is 13.5. The molecule has 0 saturated heterocycles. The number of hydrogen-bond acceptors (Lipinski definition) is 5. The molecule has 1 saturated carbocycles. The van der Waals surface area contributed by atoms with Gasteiger partial charge in [0, 0.05) is 50.6 Å². The largest absolute Gasteiger partial charge is 0.454 e. The summed E-state index contributed by atoms with van der Waals surface area (Å²) in [6.45, 7) is 4.29. The molecule has 0 radical (unpaired) electrons. The maximum atomic E-state index is 13.5. The van der Waals surface area contributed by atoms with Crippen molar-refractivity contribution in [1.82, 2.24) is 4.90 Å². The predicted octanol–water partition coefficient (Wildman–Crippen LogP) is 8.74. The number of esters is 1. The van der Waals surface area contributed by atoms with E-state index in [2.05, 4.69) is 13.0 Å². The Hall–Kier alpha value is -2.82.